The van der Waals surface area contributed by atoms with Crippen LogP contribution in [0.2, 0.25) is 0 Å². The lowest BCUT2D eigenvalue weighted by Gasteiger charge is -2.12. The molecule has 0 radical (unpaired) electrons. The molecule has 112 valence electrons. The molecule has 1 heterocycles. The fourth-order valence-electron chi connectivity index (χ4n) is 2.00. The Morgan fingerprint density at radius 1 is 1.52 bits per heavy atom. The van der Waals surface area contributed by atoms with Crippen LogP contribution < -0.4 is 10.9 Å². The van der Waals surface area contributed by atoms with Gasteiger partial charge in [-0.15, -0.1) is 0 Å². The summed E-state index contributed by atoms with van der Waals surface area (Å²) in [6, 6.07) is 2.72. The molecule has 0 amide bonds. The van der Waals surface area contributed by atoms with Crippen LogP contribution in [-0.4, -0.2) is 33.1 Å². The zero-order valence-electron chi connectivity index (χ0n) is 11.5. The van der Waals surface area contributed by atoms with Crippen LogP contribution in [0, 0.1) is 16.0 Å². The number of nitrogens with one attached hydrogen (secondary N) is 2. The zero-order chi connectivity index (χ0) is 15.4. The number of hydrogen-bond donors (Lipinski definition) is 3. The number of aromatic amines is 1. The van der Waals surface area contributed by atoms with Gasteiger partial charge in [-0.05, 0) is 18.4 Å². The van der Waals surface area contributed by atoms with Crippen LogP contribution in [-0.2, 0) is 0 Å². The summed E-state index contributed by atoms with van der Waals surface area (Å²) in [5, 5.41) is 23.2. The summed E-state index contributed by atoms with van der Waals surface area (Å²) in [5.41, 5.74) is 0.123. The SMILES string of the molecule is CC(CCO)CNc1cc2nc[nH]c(=O)c2cc1[N+](=O)[O-]. The number of nitro benzene ring substituents is 1. The van der Waals surface area contributed by atoms with Gasteiger partial charge in [0, 0.05) is 19.2 Å². The third-order valence-electron chi connectivity index (χ3n) is 3.22. The third kappa shape index (κ3) is 3.34. The molecule has 1 atom stereocenters. The number of nitrogens with zero attached hydrogens (tertiary/aromatic N) is 2. The number of rotatable bonds is 6. The van der Waals surface area contributed by atoms with E-state index < -0.39 is 10.5 Å². The topological polar surface area (TPSA) is 121 Å². The highest BCUT2D eigenvalue weighted by atomic mass is 16.6. The largest absolute Gasteiger partial charge is 0.396 e. The van der Waals surface area contributed by atoms with E-state index in [2.05, 4.69) is 15.3 Å². The Kier molecular flexibility index (Phi) is 4.49. The number of nitro groups is 1. The van der Waals surface area contributed by atoms with Crippen molar-refractivity contribution in [3.05, 3.63) is 38.9 Å². The Balaban J connectivity index is 2.39. The molecular weight excluding hydrogens is 276 g/mol. The van der Waals surface area contributed by atoms with Crippen molar-refractivity contribution in [3.63, 3.8) is 0 Å². The maximum absolute atomic E-state index is 11.6. The predicted octanol–water partition coefficient (Wildman–Crippen LogP) is 1.26. The van der Waals surface area contributed by atoms with Crippen molar-refractivity contribution < 1.29 is 10.0 Å². The van der Waals surface area contributed by atoms with Crippen molar-refractivity contribution in [1.29, 1.82) is 0 Å². The molecule has 21 heavy (non-hydrogen) atoms. The van der Waals surface area contributed by atoms with Crippen LogP contribution in [0.15, 0.2) is 23.3 Å². The van der Waals surface area contributed by atoms with Crippen molar-refractivity contribution in [3.8, 4) is 0 Å². The number of H-pyrrole nitrogens is 1. The van der Waals surface area contributed by atoms with Gasteiger partial charge in [0.2, 0.25) is 0 Å². The summed E-state index contributed by atoms with van der Waals surface area (Å²) >= 11 is 0. The Hall–Kier alpha value is -2.48. The third-order valence-corrected chi connectivity index (χ3v) is 3.22. The first-order valence-electron chi connectivity index (χ1n) is 6.53. The smallest absolute Gasteiger partial charge is 0.293 e. The lowest BCUT2D eigenvalue weighted by Crippen LogP contribution is -2.14. The fourth-order valence-corrected chi connectivity index (χ4v) is 2.00. The van der Waals surface area contributed by atoms with E-state index in [1.165, 1.54) is 18.5 Å². The first kappa shape index (κ1) is 14.9. The average molecular weight is 292 g/mol. The van der Waals surface area contributed by atoms with Crippen molar-refractivity contribution in [2.45, 2.75) is 13.3 Å². The second-order valence-corrected chi connectivity index (χ2v) is 4.87. The molecule has 0 aliphatic heterocycles. The molecule has 0 aliphatic carbocycles. The summed E-state index contributed by atoms with van der Waals surface area (Å²) in [6.45, 7) is 2.48. The molecular formula is C13H16N4O4. The molecule has 8 heteroatoms. The van der Waals surface area contributed by atoms with E-state index in [1.54, 1.807) is 0 Å². The summed E-state index contributed by atoms with van der Waals surface area (Å²) in [5.74, 6) is 0.164. The molecule has 0 fully saturated rings. The highest BCUT2D eigenvalue weighted by Crippen LogP contribution is 2.28. The normalized spacial score (nSPS) is 12.3. The predicted molar refractivity (Wildman–Crippen MR) is 78.4 cm³/mol. The highest BCUT2D eigenvalue weighted by Gasteiger charge is 2.17. The highest BCUT2D eigenvalue weighted by molar-refractivity contribution is 5.86. The van der Waals surface area contributed by atoms with Gasteiger partial charge in [0.15, 0.2) is 0 Å². The van der Waals surface area contributed by atoms with Crippen molar-refractivity contribution in [2.24, 2.45) is 5.92 Å². The Bertz CT molecular complexity index is 713. The Morgan fingerprint density at radius 2 is 2.29 bits per heavy atom. The van der Waals surface area contributed by atoms with Crippen LogP contribution in [0.25, 0.3) is 10.9 Å². The number of benzene rings is 1. The molecule has 1 aromatic carbocycles. The quantitative estimate of drug-likeness (QED) is 0.544. The van der Waals surface area contributed by atoms with E-state index in [1.807, 2.05) is 6.92 Å². The molecule has 3 N–H and O–H groups in total. The second kappa shape index (κ2) is 6.31. The average Bonchev–Trinajstić information content (AvgIpc) is 2.45. The molecule has 2 rings (SSSR count). The van der Waals surface area contributed by atoms with Gasteiger partial charge in [-0.2, -0.15) is 0 Å². The molecule has 1 unspecified atom stereocenters. The van der Waals surface area contributed by atoms with Crippen LogP contribution >= 0.6 is 0 Å². The number of fused-ring (bicyclic) bond motifs is 1. The maximum Gasteiger partial charge on any atom is 0.293 e. The van der Waals surface area contributed by atoms with Crippen LogP contribution in [0.4, 0.5) is 11.4 Å². The number of hydrogen-bond acceptors (Lipinski definition) is 6. The number of aliphatic hydroxyl groups excluding tert-OH is 1. The van der Waals surface area contributed by atoms with Gasteiger partial charge in [-0.25, -0.2) is 4.98 Å². The van der Waals surface area contributed by atoms with Crippen molar-refractivity contribution in [1.82, 2.24) is 9.97 Å². The minimum Gasteiger partial charge on any atom is -0.396 e. The second-order valence-electron chi connectivity index (χ2n) is 4.87. The van der Waals surface area contributed by atoms with Crippen LogP contribution in [0.1, 0.15) is 13.3 Å². The maximum atomic E-state index is 11.6. The molecule has 8 nitrogen and oxygen atoms in total. The monoisotopic (exact) mass is 292 g/mol. The first-order chi connectivity index (χ1) is 10.0. The Morgan fingerprint density at radius 3 is 2.95 bits per heavy atom. The first-order valence-corrected chi connectivity index (χ1v) is 6.53. The van der Waals surface area contributed by atoms with Crippen molar-refractivity contribution >= 4 is 22.3 Å². The van der Waals surface area contributed by atoms with E-state index in [-0.39, 0.29) is 23.6 Å². The fraction of sp³-hybridized carbons (Fsp3) is 0.385. The van der Waals surface area contributed by atoms with E-state index in [9.17, 15) is 14.9 Å². The van der Waals surface area contributed by atoms with E-state index in [0.29, 0.717) is 24.2 Å². The standard InChI is InChI=1S/C13H16N4O4/c1-8(2-3-18)6-14-11-5-10-9(4-12(11)17(20)21)13(19)16-7-15-10/h4-5,7-8,14,18H,2-3,6H2,1H3,(H,15,16,19). The van der Waals surface area contributed by atoms with E-state index in [4.69, 9.17) is 5.11 Å². The van der Waals surface area contributed by atoms with Gasteiger partial charge < -0.3 is 15.4 Å². The van der Waals surface area contributed by atoms with Crippen LogP contribution in [0.5, 0.6) is 0 Å². The van der Waals surface area contributed by atoms with E-state index in [0.717, 1.165) is 0 Å². The molecule has 2 aromatic rings. The summed E-state index contributed by atoms with van der Waals surface area (Å²) in [6.07, 6.45) is 1.86. The Labute approximate surface area is 120 Å². The van der Waals surface area contributed by atoms with Gasteiger partial charge in [0.25, 0.3) is 11.2 Å². The van der Waals surface area contributed by atoms with Crippen molar-refractivity contribution in [2.75, 3.05) is 18.5 Å². The van der Waals surface area contributed by atoms with Crippen LogP contribution in [0.3, 0.4) is 0 Å². The van der Waals surface area contributed by atoms with Gasteiger partial charge in [0.05, 0.1) is 22.2 Å². The van der Waals surface area contributed by atoms with Gasteiger partial charge in [0.1, 0.15) is 5.69 Å². The summed E-state index contributed by atoms with van der Waals surface area (Å²) in [7, 11) is 0. The molecule has 0 bridgehead atoms. The molecule has 0 saturated heterocycles. The molecule has 0 spiro atoms. The van der Waals surface area contributed by atoms with Gasteiger partial charge in [-0.3, -0.25) is 14.9 Å². The van der Waals surface area contributed by atoms with E-state index >= 15 is 0 Å². The number of aromatic nitrogens is 2. The lowest BCUT2D eigenvalue weighted by atomic mass is 10.1. The number of aliphatic hydroxyl groups is 1. The molecule has 0 saturated carbocycles. The van der Waals surface area contributed by atoms with Gasteiger partial charge in [-0.1, -0.05) is 6.92 Å². The minimum atomic E-state index is -0.537. The summed E-state index contributed by atoms with van der Waals surface area (Å²) in [4.78, 5) is 28.7. The zero-order valence-corrected chi connectivity index (χ0v) is 11.5. The lowest BCUT2D eigenvalue weighted by molar-refractivity contribution is -0.383. The molecule has 0 aliphatic rings. The minimum absolute atomic E-state index is 0.0690. The van der Waals surface area contributed by atoms with Gasteiger partial charge >= 0.3 is 0 Å². The number of anilines is 1. The summed E-state index contributed by atoms with van der Waals surface area (Å²) < 4.78 is 0. The molecule has 1 aromatic heterocycles.